The number of hydrogen-bond acceptors (Lipinski definition) is 5. The molecule has 3 aromatic rings. The van der Waals surface area contributed by atoms with Gasteiger partial charge >= 0.3 is 0 Å². The van der Waals surface area contributed by atoms with Crippen molar-refractivity contribution in [2.75, 3.05) is 0 Å². The Morgan fingerprint density at radius 3 is 2.89 bits per heavy atom. The van der Waals surface area contributed by atoms with Crippen LogP contribution >= 0.6 is 0 Å². The average Bonchev–Trinajstić information content (AvgIpc) is 3.23. The highest BCUT2D eigenvalue weighted by Crippen LogP contribution is 2.22. The van der Waals surface area contributed by atoms with Crippen LogP contribution < -0.4 is 5.32 Å². The Kier molecular flexibility index (Phi) is 4.95. The first kappa shape index (κ1) is 17.4. The number of hydrogen-bond donors (Lipinski definition) is 1. The Bertz CT molecular complexity index is 915. The zero-order valence-corrected chi connectivity index (χ0v) is 15.4. The molecule has 1 aliphatic heterocycles. The quantitative estimate of drug-likeness (QED) is 0.740. The molecular formula is C19H23N7O. The van der Waals surface area contributed by atoms with Crippen LogP contribution in [-0.4, -0.2) is 41.5 Å². The van der Waals surface area contributed by atoms with Gasteiger partial charge in [-0.2, -0.15) is 5.10 Å². The summed E-state index contributed by atoms with van der Waals surface area (Å²) in [6.45, 7) is 0.794. The number of carbonyl (C=O) groups is 1. The second kappa shape index (κ2) is 7.69. The summed E-state index contributed by atoms with van der Waals surface area (Å²) in [5, 5.41) is 16.1. The number of amides is 1. The standard InChI is InChI=1S/C19H23N7O/c1-25-13-15(12-21-25)19-24-23-17-4-3-16(8-11-26(17)19)22-18(27)5-2-14-6-9-20-10-7-14/h6-7,9-10,12-13,16H,2-5,8,11H2,1H3,(H,22,27). The lowest BCUT2D eigenvalue weighted by Gasteiger charge is -2.16. The highest BCUT2D eigenvalue weighted by atomic mass is 16.1. The van der Waals surface area contributed by atoms with Gasteiger partial charge in [0, 0.05) is 51.1 Å². The second-order valence-electron chi connectivity index (χ2n) is 6.94. The maximum atomic E-state index is 12.3. The SMILES string of the molecule is Cn1cc(-c2nnc3n2CCC(NC(=O)CCc2ccncc2)CC3)cn1. The molecule has 27 heavy (non-hydrogen) atoms. The highest BCUT2D eigenvalue weighted by Gasteiger charge is 2.22. The van der Waals surface area contributed by atoms with Crippen LogP contribution in [0, 0.1) is 0 Å². The molecule has 0 fully saturated rings. The van der Waals surface area contributed by atoms with Gasteiger partial charge in [-0.3, -0.25) is 14.5 Å². The van der Waals surface area contributed by atoms with E-state index < -0.39 is 0 Å². The van der Waals surface area contributed by atoms with E-state index >= 15 is 0 Å². The van der Waals surface area contributed by atoms with Gasteiger partial charge in [-0.05, 0) is 37.0 Å². The number of aryl methyl sites for hydroxylation is 3. The zero-order chi connectivity index (χ0) is 18.6. The lowest BCUT2D eigenvalue weighted by atomic mass is 10.1. The van der Waals surface area contributed by atoms with Crippen molar-refractivity contribution in [3.05, 3.63) is 48.3 Å². The number of carbonyl (C=O) groups excluding carboxylic acids is 1. The fraction of sp³-hybridized carbons (Fsp3) is 0.421. The van der Waals surface area contributed by atoms with Crippen LogP contribution in [0.2, 0.25) is 0 Å². The number of aromatic nitrogens is 6. The number of nitrogens with zero attached hydrogens (tertiary/aromatic N) is 6. The van der Waals surface area contributed by atoms with E-state index in [-0.39, 0.29) is 11.9 Å². The summed E-state index contributed by atoms with van der Waals surface area (Å²) in [7, 11) is 1.89. The molecule has 1 N–H and O–H groups in total. The van der Waals surface area contributed by atoms with Crippen molar-refractivity contribution in [1.82, 2.24) is 34.8 Å². The molecular weight excluding hydrogens is 342 g/mol. The Morgan fingerprint density at radius 2 is 2.11 bits per heavy atom. The topological polar surface area (TPSA) is 90.5 Å². The molecule has 8 heteroatoms. The van der Waals surface area contributed by atoms with Gasteiger partial charge in [-0.25, -0.2) is 0 Å². The maximum Gasteiger partial charge on any atom is 0.220 e. The van der Waals surface area contributed by atoms with E-state index in [1.54, 1.807) is 23.3 Å². The van der Waals surface area contributed by atoms with Crippen molar-refractivity contribution in [3.63, 3.8) is 0 Å². The van der Waals surface area contributed by atoms with Crippen LogP contribution in [0.5, 0.6) is 0 Å². The van der Waals surface area contributed by atoms with E-state index in [2.05, 4.69) is 30.2 Å². The van der Waals surface area contributed by atoms with E-state index in [0.717, 1.165) is 55.0 Å². The minimum absolute atomic E-state index is 0.0990. The van der Waals surface area contributed by atoms with E-state index in [9.17, 15) is 4.79 Å². The number of pyridine rings is 1. The monoisotopic (exact) mass is 365 g/mol. The molecule has 4 heterocycles. The summed E-state index contributed by atoms with van der Waals surface area (Å²) in [6.07, 6.45) is 11.1. The van der Waals surface area contributed by atoms with Crippen molar-refractivity contribution >= 4 is 5.91 Å². The first-order valence-corrected chi connectivity index (χ1v) is 9.28. The molecule has 1 unspecified atom stereocenters. The van der Waals surface area contributed by atoms with E-state index in [1.165, 1.54) is 0 Å². The molecule has 1 amide bonds. The molecule has 0 saturated heterocycles. The first-order chi connectivity index (χ1) is 13.2. The first-order valence-electron chi connectivity index (χ1n) is 9.28. The van der Waals surface area contributed by atoms with Gasteiger partial charge in [-0.1, -0.05) is 0 Å². The molecule has 0 spiro atoms. The predicted octanol–water partition coefficient (Wildman–Crippen LogP) is 1.53. The lowest BCUT2D eigenvalue weighted by Crippen LogP contribution is -2.35. The normalized spacial score (nSPS) is 16.6. The van der Waals surface area contributed by atoms with Crippen LogP contribution in [0.1, 0.15) is 30.7 Å². The second-order valence-corrected chi connectivity index (χ2v) is 6.94. The third kappa shape index (κ3) is 4.05. The number of fused-ring (bicyclic) bond motifs is 1. The van der Waals surface area contributed by atoms with Crippen LogP contribution in [0.4, 0.5) is 0 Å². The van der Waals surface area contributed by atoms with Crippen molar-refractivity contribution < 1.29 is 4.79 Å². The van der Waals surface area contributed by atoms with Crippen molar-refractivity contribution in [3.8, 4) is 11.4 Å². The summed E-state index contributed by atoms with van der Waals surface area (Å²) in [5.41, 5.74) is 2.10. The Labute approximate surface area is 157 Å². The molecule has 1 atom stereocenters. The molecule has 8 nitrogen and oxygen atoms in total. The Morgan fingerprint density at radius 1 is 1.26 bits per heavy atom. The third-order valence-electron chi connectivity index (χ3n) is 4.96. The van der Waals surface area contributed by atoms with Crippen molar-refractivity contribution in [2.24, 2.45) is 7.05 Å². The summed E-state index contributed by atoms with van der Waals surface area (Å²) in [5.74, 6) is 1.92. The van der Waals surface area contributed by atoms with Crippen molar-refractivity contribution in [2.45, 2.75) is 44.7 Å². The van der Waals surface area contributed by atoms with Crippen LogP contribution in [-0.2, 0) is 31.2 Å². The average molecular weight is 365 g/mol. The smallest absolute Gasteiger partial charge is 0.220 e. The van der Waals surface area contributed by atoms with Crippen LogP contribution in [0.25, 0.3) is 11.4 Å². The molecule has 0 radical (unpaired) electrons. The van der Waals surface area contributed by atoms with Crippen LogP contribution in [0.15, 0.2) is 36.9 Å². The van der Waals surface area contributed by atoms with E-state index in [4.69, 9.17) is 0 Å². The lowest BCUT2D eigenvalue weighted by molar-refractivity contribution is -0.121. The predicted molar refractivity (Wildman–Crippen MR) is 99.7 cm³/mol. The molecule has 140 valence electrons. The van der Waals surface area contributed by atoms with Gasteiger partial charge in [0.25, 0.3) is 0 Å². The molecule has 1 aliphatic rings. The summed E-state index contributed by atoms with van der Waals surface area (Å²) < 4.78 is 3.92. The van der Waals surface area contributed by atoms with Gasteiger partial charge in [0.15, 0.2) is 5.82 Å². The number of nitrogens with one attached hydrogen (secondary N) is 1. The van der Waals surface area contributed by atoms with Crippen molar-refractivity contribution in [1.29, 1.82) is 0 Å². The highest BCUT2D eigenvalue weighted by molar-refractivity contribution is 5.76. The molecule has 0 saturated carbocycles. The molecule has 4 rings (SSSR count). The molecule has 0 aliphatic carbocycles. The van der Waals surface area contributed by atoms with Gasteiger partial charge in [0.2, 0.25) is 5.91 Å². The van der Waals surface area contributed by atoms with Gasteiger partial charge in [-0.15, -0.1) is 10.2 Å². The molecule has 0 aromatic carbocycles. The fourth-order valence-electron chi connectivity index (χ4n) is 3.49. The molecule has 0 bridgehead atoms. The molecule has 3 aromatic heterocycles. The summed E-state index contributed by atoms with van der Waals surface area (Å²) >= 11 is 0. The number of rotatable bonds is 5. The third-order valence-corrected chi connectivity index (χ3v) is 4.96. The van der Waals surface area contributed by atoms with Gasteiger partial charge in [0.05, 0.1) is 11.8 Å². The minimum atomic E-state index is 0.0990. The Balaban J connectivity index is 1.35. The largest absolute Gasteiger partial charge is 0.353 e. The van der Waals surface area contributed by atoms with E-state index in [1.807, 2.05) is 25.4 Å². The van der Waals surface area contributed by atoms with Crippen LogP contribution in [0.3, 0.4) is 0 Å². The van der Waals surface area contributed by atoms with Gasteiger partial charge in [0.1, 0.15) is 5.82 Å². The summed E-state index contributed by atoms with van der Waals surface area (Å²) in [6, 6.07) is 4.06. The van der Waals surface area contributed by atoms with Gasteiger partial charge < -0.3 is 9.88 Å². The zero-order valence-electron chi connectivity index (χ0n) is 15.4. The Hall–Kier alpha value is -3.03. The minimum Gasteiger partial charge on any atom is -0.353 e. The van der Waals surface area contributed by atoms with E-state index in [0.29, 0.717) is 6.42 Å². The fourth-order valence-corrected chi connectivity index (χ4v) is 3.49. The maximum absolute atomic E-state index is 12.3. The summed E-state index contributed by atoms with van der Waals surface area (Å²) in [4.78, 5) is 16.3.